The van der Waals surface area contributed by atoms with Crippen molar-refractivity contribution in [2.45, 2.75) is 57.3 Å². The van der Waals surface area contributed by atoms with Gasteiger partial charge in [0.15, 0.2) is 0 Å². The molecule has 0 radical (unpaired) electrons. The highest BCUT2D eigenvalue weighted by atomic mass is 16.5. The van der Waals surface area contributed by atoms with Gasteiger partial charge >= 0.3 is 0 Å². The van der Waals surface area contributed by atoms with Crippen LogP contribution in [0.3, 0.4) is 0 Å². The quantitative estimate of drug-likeness (QED) is 0.466. The maximum absolute atomic E-state index is 13.0. The van der Waals surface area contributed by atoms with Crippen LogP contribution in [0.2, 0.25) is 0 Å². The van der Waals surface area contributed by atoms with Gasteiger partial charge in [-0.15, -0.1) is 0 Å². The summed E-state index contributed by atoms with van der Waals surface area (Å²) in [6.07, 6.45) is 1.68. The number of piperidine rings is 1. The van der Waals surface area contributed by atoms with E-state index in [4.69, 9.17) is 14.5 Å². The van der Waals surface area contributed by atoms with Crippen molar-refractivity contribution in [2.24, 2.45) is 5.92 Å². The van der Waals surface area contributed by atoms with Crippen LogP contribution in [0.5, 0.6) is 5.75 Å². The van der Waals surface area contributed by atoms with Crippen molar-refractivity contribution in [3.8, 4) is 5.75 Å². The maximum Gasteiger partial charge on any atom is 0.255 e. The molecular formula is C32H34N4O5. The molecule has 1 N–H and O–H groups in total. The summed E-state index contributed by atoms with van der Waals surface area (Å²) >= 11 is 0. The number of ether oxygens (including phenoxy) is 2. The molecule has 212 valence electrons. The lowest BCUT2D eigenvalue weighted by atomic mass is 10.0. The summed E-state index contributed by atoms with van der Waals surface area (Å²) in [5.41, 5.74) is 4.86. The van der Waals surface area contributed by atoms with E-state index in [-0.39, 0.29) is 24.3 Å². The third-order valence-corrected chi connectivity index (χ3v) is 8.93. The van der Waals surface area contributed by atoms with Crippen LogP contribution in [0.25, 0.3) is 10.9 Å². The summed E-state index contributed by atoms with van der Waals surface area (Å²) in [6.45, 7) is 6.74. The van der Waals surface area contributed by atoms with Crippen LogP contribution < -0.4 is 10.1 Å². The summed E-state index contributed by atoms with van der Waals surface area (Å²) in [6, 6.07) is 15.8. The monoisotopic (exact) mass is 554 g/mol. The zero-order valence-corrected chi connectivity index (χ0v) is 23.2. The Labute approximate surface area is 238 Å². The van der Waals surface area contributed by atoms with Gasteiger partial charge in [0, 0.05) is 67.7 Å². The van der Waals surface area contributed by atoms with Crippen LogP contribution >= 0.6 is 0 Å². The molecule has 41 heavy (non-hydrogen) atoms. The number of pyridine rings is 1. The molecule has 0 saturated carbocycles. The molecule has 7 rings (SSSR count). The lowest BCUT2D eigenvalue weighted by Gasteiger charge is -2.29. The number of imide groups is 1. The fourth-order valence-electron chi connectivity index (χ4n) is 6.66. The minimum absolute atomic E-state index is 0.0368. The highest BCUT2D eigenvalue weighted by molar-refractivity contribution is 6.05. The van der Waals surface area contributed by atoms with Crippen LogP contribution in [0.4, 0.5) is 0 Å². The molecule has 0 spiro atoms. The molecule has 2 unspecified atom stereocenters. The van der Waals surface area contributed by atoms with Gasteiger partial charge in [-0.2, -0.15) is 0 Å². The Morgan fingerprint density at radius 2 is 1.95 bits per heavy atom. The van der Waals surface area contributed by atoms with Crippen molar-refractivity contribution in [1.82, 2.24) is 20.1 Å². The summed E-state index contributed by atoms with van der Waals surface area (Å²) in [5.74, 6) is 0.634. The second kappa shape index (κ2) is 10.5. The molecule has 2 aromatic carbocycles. The number of nitrogens with zero attached hydrogens (tertiary/aromatic N) is 3. The van der Waals surface area contributed by atoms with Gasteiger partial charge in [-0.25, -0.2) is 0 Å². The molecule has 0 bridgehead atoms. The Morgan fingerprint density at radius 1 is 1.05 bits per heavy atom. The van der Waals surface area contributed by atoms with Gasteiger partial charge in [0.2, 0.25) is 11.8 Å². The van der Waals surface area contributed by atoms with E-state index in [1.165, 1.54) is 5.56 Å². The van der Waals surface area contributed by atoms with E-state index in [2.05, 4.69) is 47.5 Å². The average molecular weight is 555 g/mol. The second-order valence-corrected chi connectivity index (χ2v) is 11.9. The number of fused-ring (bicyclic) bond motifs is 2. The smallest absolute Gasteiger partial charge is 0.255 e. The van der Waals surface area contributed by atoms with E-state index in [9.17, 15) is 14.4 Å². The fraction of sp³-hybridized carbons (Fsp3) is 0.438. The summed E-state index contributed by atoms with van der Waals surface area (Å²) < 4.78 is 12.0. The molecule has 4 aliphatic heterocycles. The first-order chi connectivity index (χ1) is 19.9. The van der Waals surface area contributed by atoms with Gasteiger partial charge in [-0.05, 0) is 60.4 Å². The number of carbonyl (C=O) groups is 3. The van der Waals surface area contributed by atoms with Crippen molar-refractivity contribution in [1.29, 1.82) is 0 Å². The Kier molecular flexibility index (Phi) is 6.71. The summed E-state index contributed by atoms with van der Waals surface area (Å²) in [4.78, 5) is 45.8. The first-order valence-electron chi connectivity index (χ1n) is 14.6. The zero-order valence-electron chi connectivity index (χ0n) is 23.2. The SMILES string of the molecule is C[C@@H]1CN(Cc2ccc3nc(C4CCOC4)ccc3c2)C[C@H]1Oc1ccc2c(c1)CN(C1CCC(=O)NC1=O)C2=O. The van der Waals surface area contributed by atoms with E-state index in [0.717, 1.165) is 67.2 Å². The van der Waals surface area contributed by atoms with Crippen molar-refractivity contribution < 1.29 is 23.9 Å². The number of amides is 3. The third-order valence-electron chi connectivity index (χ3n) is 8.93. The fourth-order valence-corrected chi connectivity index (χ4v) is 6.66. The van der Waals surface area contributed by atoms with Gasteiger partial charge in [0.25, 0.3) is 5.91 Å². The van der Waals surface area contributed by atoms with E-state index < -0.39 is 11.9 Å². The number of carbonyl (C=O) groups excluding carboxylic acids is 3. The average Bonchev–Trinajstić information content (AvgIpc) is 3.69. The van der Waals surface area contributed by atoms with Crippen molar-refractivity contribution in [2.75, 3.05) is 26.3 Å². The number of aromatic nitrogens is 1. The first-order valence-corrected chi connectivity index (χ1v) is 14.6. The predicted molar refractivity (Wildman–Crippen MR) is 151 cm³/mol. The molecule has 3 saturated heterocycles. The summed E-state index contributed by atoms with van der Waals surface area (Å²) in [5, 5.41) is 3.51. The van der Waals surface area contributed by atoms with E-state index in [1.54, 1.807) is 11.0 Å². The molecule has 4 atom stereocenters. The minimum Gasteiger partial charge on any atom is -0.489 e. The summed E-state index contributed by atoms with van der Waals surface area (Å²) in [7, 11) is 0. The van der Waals surface area contributed by atoms with Gasteiger partial charge in [-0.3, -0.25) is 29.6 Å². The number of rotatable bonds is 6. The molecule has 9 heteroatoms. The highest BCUT2D eigenvalue weighted by Crippen LogP contribution is 2.32. The number of likely N-dealkylation sites (tertiary alicyclic amines) is 1. The van der Waals surface area contributed by atoms with Gasteiger partial charge < -0.3 is 14.4 Å². The number of nitrogens with one attached hydrogen (secondary N) is 1. The van der Waals surface area contributed by atoms with Crippen LogP contribution in [-0.2, 0) is 27.4 Å². The van der Waals surface area contributed by atoms with Crippen LogP contribution in [-0.4, -0.2) is 71.0 Å². The van der Waals surface area contributed by atoms with Crippen LogP contribution in [0, 0.1) is 5.92 Å². The van der Waals surface area contributed by atoms with Gasteiger partial charge in [0.05, 0.1) is 12.1 Å². The lowest BCUT2D eigenvalue weighted by Crippen LogP contribution is -2.52. The Balaban J connectivity index is 0.988. The standard InChI is InChI=1S/C32H34N4O5/c1-19-14-35(15-20-2-6-26-21(12-20)3-7-27(33-26)22-10-11-40-18-22)17-29(19)41-24-4-5-25-23(13-24)16-36(32(25)39)28-8-9-30(37)34-31(28)38/h2-7,12-13,19,22,28-29H,8-11,14-18H2,1H3,(H,34,37,38)/t19-,22?,28?,29-/m1/s1. The third kappa shape index (κ3) is 5.08. The van der Waals surface area contributed by atoms with Crippen LogP contribution in [0.1, 0.15) is 59.3 Å². The molecule has 3 amide bonds. The number of benzene rings is 2. The minimum atomic E-state index is -0.616. The Bertz CT molecular complexity index is 1530. The number of hydrogen-bond acceptors (Lipinski definition) is 7. The van der Waals surface area contributed by atoms with Crippen molar-refractivity contribution >= 4 is 28.6 Å². The Morgan fingerprint density at radius 3 is 2.78 bits per heavy atom. The lowest BCUT2D eigenvalue weighted by molar-refractivity contribution is -0.136. The molecule has 0 aliphatic carbocycles. The second-order valence-electron chi connectivity index (χ2n) is 11.9. The molecular weight excluding hydrogens is 520 g/mol. The topological polar surface area (TPSA) is 101 Å². The molecule has 4 aliphatic rings. The molecule has 3 aromatic rings. The normalized spacial score (nSPS) is 26.6. The van der Waals surface area contributed by atoms with Gasteiger partial charge in [-0.1, -0.05) is 19.1 Å². The number of hydrogen-bond donors (Lipinski definition) is 1. The molecule has 9 nitrogen and oxygen atoms in total. The zero-order chi connectivity index (χ0) is 28.1. The van der Waals surface area contributed by atoms with Crippen LogP contribution in [0.15, 0.2) is 48.5 Å². The van der Waals surface area contributed by atoms with E-state index >= 15 is 0 Å². The largest absolute Gasteiger partial charge is 0.489 e. The van der Waals surface area contributed by atoms with E-state index in [1.807, 2.05) is 12.1 Å². The Hall–Kier alpha value is -3.82. The van der Waals surface area contributed by atoms with Crippen molar-refractivity contribution in [3.05, 3.63) is 70.9 Å². The van der Waals surface area contributed by atoms with E-state index in [0.29, 0.717) is 30.4 Å². The molecule has 5 heterocycles. The molecule has 3 fully saturated rings. The molecule has 1 aromatic heterocycles. The maximum atomic E-state index is 13.0. The van der Waals surface area contributed by atoms with Gasteiger partial charge in [0.1, 0.15) is 17.9 Å². The highest BCUT2D eigenvalue weighted by Gasteiger charge is 2.39. The van der Waals surface area contributed by atoms with Crippen molar-refractivity contribution in [3.63, 3.8) is 0 Å². The first kappa shape index (κ1) is 26.1. The predicted octanol–water partition coefficient (Wildman–Crippen LogP) is 3.40.